The van der Waals surface area contributed by atoms with Gasteiger partial charge >= 0.3 is 0 Å². The number of hydrogen-bond donors (Lipinski definition) is 1. The first kappa shape index (κ1) is 14.3. The second-order valence-corrected chi connectivity index (χ2v) is 5.21. The summed E-state index contributed by atoms with van der Waals surface area (Å²) < 4.78 is 0. The molecule has 22 heavy (non-hydrogen) atoms. The average molecular weight is 286 g/mol. The van der Waals surface area contributed by atoms with E-state index in [9.17, 15) is 5.11 Å². The van der Waals surface area contributed by atoms with Crippen LogP contribution in [0.4, 0.5) is 0 Å². The molecule has 3 rings (SSSR count). The standard InChI is InChI=1S/C21H18O/c22-21(19-10-2-1-3-11-19)13-7-4-8-17-14-15-18-9-5-6-12-20(18)16-17/h1-16,21-22H/b8-4+,13-7-. The van der Waals surface area contributed by atoms with Gasteiger partial charge in [-0.15, -0.1) is 0 Å². The molecular formula is C21H18O. The molecule has 0 radical (unpaired) electrons. The molecule has 0 bridgehead atoms. The van der Waals surface area contributed by atoms with Crippen LogP contribution in [-0.4, -0.2) is 5.11 Å². The molecule has 0 saturated carbocycles. The molecule has 0 aliphatic rings. The minimum atomic E-state index is -0.567. The quantitative estimate of drug-likeness (QED) is 0.658. The zero-order valence-electron chi connectivity index (χ0n) is 12.3. The highest BCUT2D eigenvalue weighted by Crippen LogP contribution is 2.17. The van der Waals surface area contributed by atoms with Crippen LogP contribution in [-0.2, 0) is 0 Å². The van der Waals surface area contributed by atoms with Gasteiger partial charge < -0.3 is 5.11 Å². The fourth-order valence-corrected chi connectivity index (χ4v) is 2.41. The third-order valence-corrected chi connectivity index (χ3v) is 3.61. The Bertz CT molecular complexity index is 800. The summed E-state index contributed by atoms with van der Waals surface area (Å²) in [6.45, 7) is 0. The van der Waals surface area contributed by atoms with Gasteiger partial charge in [-0.3, -0.25) is 0 Å². The lowest BCUT2D eigenvalue weighted by molar-refractivity contribution is 0.228. The van der Waals surface area contributed by atoms with Crippen LogP contribution in [0.15, 0.2) is 91.0 Å². The van der Waals surface area contributed by atoms with E-state index in [2.05, 4.69) is 30.3 Å². The Morgan fingerprint density at radius 1 is 0.727 bits per heavy atom. The summed E-state index contributed by atoms with van der Waals surface area (Å²) in [5.74, 6) is 0. The Kier molecular flexibility index (Phi) is 4.47. The Morgan fingerprint density at radius 2 is 1.45 bits per heavy atom. The van der Waals surface area contributed by atoms with Crippen LogP contribution in [0, 0.1) is 0 Å². The lowest BCUT2D eigenvalue weighted by Crippen LogP contribution is -1.91. The summed E-state index contributed by atoms with van der Waals surface area (Å²) >= 11 is 0. The van der Waals surface area contributed by atoms with Crippen molar-refractivity contribution in [3.05, 3.63) is 102 Å². The van der Waals surface area contributed by atoms with E-state index < -0.39 is 6.10 Å². The number of aliphatic hydroxyl groups excluding tert-OH is 1. The molecule has 1 nitrogen and oxygen atoms in total. The number of allylic oxidation sites excluding steroid dienone is 2. The van der Waals surface area contributed by atoms with Crippen molar-refractivity contribution in [3.8, 4) is 0 Å². The maximum atomic E-state index is 10.0. The SMILES string of the molecule is OC(/C=C\C=C\c1ccc2ccccc2c1)c1ccccc1. The average Bonchev–Trinajstić information content (AvgIpc) is 2.59. The summed E-state index contributed by atoms with van der Waals surface area (Å²) in [6, 6.07) is 24.3. The van der Waals surface area contributed by atoms with Crippen LogP contribution < -0.4 is 0 Å². The molecule has 0 amide bonds. The Hall–Kier alpha value is -2.64. The molecule has 0 aliphatic heterocycles. The van der Waals surface area contributed by atoms with E-state index >= 15 is 0 Å². The molecular weight excluding hydrogens is 268 g/mol. The van der Waals surface area contributed by atoms with Crippen molar-refractivity contribution in [2.24, 2.45) is 0 Å². The van der Waals surface area contributed by atoms with Crippen molar-refractivity contribution in [1.29, 1.82) is 0 Å². The highest BCUT2D eigenvalue weighted by molar-refractivity contribution is 5.84. The molecule has 1 unspecified atom stereocenters. The second kappa shape index (κ2) is 6.88. The third-order valence-electron chi connectivity index (χ3n) is 3.61. The van der Waals surface area contributed by atoms with Gasteiger partial charge in [0.15, 0.2) is 0 Å². The zero-order chi connectivity index (χ0) is 15.2. The molecule has 1 atom stereocenters. The molecule has 0 heterocycles. The van der Waals surface area contributed by atoms with Gasteiger partial charge in [0.05, 0.1) is 6.10 Å². The van der Waals surface area contributed by atoms with Crippen molar-refractivity contribution >= 4 is 16.8 Å². The lowest BCUT2D eigenvalue weighted by atomic mass is 10.1. The van der Waals surface area contributed by atoms with Crippen LogP contribution in [0.2, 0.25) is 0 Å². The first-order valence-corrected chi connectivity index (χ1v) is 7.39. The summed E-state index contributed by atoms with van der Waals surface area (Å²) in [5.41, 5.74) is 2.05. The van der Waals surface area contributed by atoms with Gasteiger partial charge in [0.1, 0.15) is 0 Å². The molecule has 0 spiro atoms. The van der Waals surface area contributed by atoms with E-state index in [0.29, 0.717) is 0 Å². The topological polar surface area (TPSA) is 20.2 Å². The first-order chi connectivity index (χ1) is 10.8. The molecule has 3 aromatic carbocycles. The van der Waals surface area contributed by atoms with Gasteiger partial charge in [0.2, 0.25) is 0 Å². The second-order valence-electron chi connectivity index (χ2n) is 5.21. The van der Waals surface area contributed by atoms with Crippen molar-refractivity contribution in [2.45, 2.75) is 6.10 Å². The molecule has 1 N–H and O–H groups in total. The predicted molar refractivity (Wildman–Crippen MR) is 93.5 cm³/mol. The number of benzene rings is 3. The highest BCUT2D eigenvalue weighted by atomic mass is 16.3. The van der Waals surface area contributed by atoms with Crippen molar-refractivity contribution in [2.75, 3.05) is 0 Å². The van der Waals surface area contributed by atoms with E-state index in [1.54, 1.807) is 6.08 Å². The number of aliphatic hydroxyl groups is 1. The normalized spacial score (nSPS) is 13.1. The van der Waals surface area contributed by atoms with Crippen LogP contribution in [0.5, 0.6) is 0 Å². The van der Waals surface area contributed by atoms with Crippen LogP contribution in [0.25, 0.3) is 16.8 Å². The molecule has 0 aromatic heterocycles. The lowest BCUT2D eigenvalue weighted by Gasteiger charge is -2.04. The first-order valence-electron chi connectivity index (χ1n) is 7.39. The van der Waals surface area contributed by atoms with Crippen molar-refractivity contribution in [1.82, 2.24) is 0 Å². The summed E-state index contributed by atoms with van der Waals surface area (Å²) in [7, 11) is 0. The van der Waals surface area contributed by atoms with Crippen LogP contribution in [0.3, 0.4) is 0 Å². The summed E-state index contributed by atoms with van der Waals surface area (Å²) in [4.78, 5) is 0. The molecule has 3 aromatic rings. The van der Waals surface area contributed by atoms with E-state index in [1.165, 1.54) is 10.8 Å². The third kappa shape index (κ3) is 3.51. The van der Waals surface area contributed by atoms with E-state index in [4.69, 9.17) is 0 Å². The van der Waals surface area contributed by atoms with Crippen LogP contribution >= 0.6 is 0 Å². The maximum Gasteiger partial charge on any atom is 0.0974 e. The molecule has 0 saturated heterocycles. The van der Waals surface area contributed by atoms with Gasteiger partial charge in [0.25, 0.3) is 0 Å². The predicted octanol–water partition coefficient (Wildman–Crippen LogP) is 5.14. The molecule has 1 heteroatoms. The number of fused-ring (bicyclic) bond motifs is 1. The van der Waals surface area contributed by atoms with Crippen molar-refractivity contribution < 1.29 is 5.11 Å². The summed E-state index contributed by atoms with van der Waals surface area (Å²) in [5, 5.41) is 12.5. The largest absolute Gasteiger partial charge is 0.384 e. The Balaban J connectivity index is 1.69. The van der Waals surface area contributed by atoms with Gasteiger partial charge in [0, 0.05) is 0 Å². The van der Waals surface area contributed by atoms with E-state index in [-0.39, 0.29) is 0 Å². The highest BCUT2D eigenvalue weighted by Gasteiger charge is 1.99. The Morgan fingerprint density at radius 3 is 2.27 bits per heavy atom. The molecule has 108 valence electrons. The Labute approximate surface area is 130 Å². The van der Waals surface area contributed by atoms with Gasteiger partial charge in [-0.2, -0.15) is 0 Å². The molecule has 0 fully saturated rings. The molecule has 0 aliphatic carbocycles. The minimum Gasteiger partial charge on any atom is -0.384 e. The minimum absolute atomic E-state index is 0.567. The van der Waals surface area contributed by atoms with E-state index in [0.717, 1.165) is 11.1 Å². The zero-order valence-corrected chi connectivity index (χ0v) is 12.3. The van der Waals surface area contributed by atoms with Gasteiger partial charge in [-0.05, 0) is 28.0 Å². The fraction of sp³-hybridized carbons (Fsp3) is 0.0476. The van der Waals surface area contributed by atoms with Crippen LogP contribution in [0.1, 0.15) is 17.2 Å². The van der Waals surface area contributed by atoms with Gasteiger partial charge in [-0.1, -0.05) is 91.0 Å². The fourth-order valence-electron chi connectivity index (χ4n) is 2.41. The monoisotopic (exact) mass is 286 g/mol. The summed E-state index contributed by atoms with van der Waals surface area (Å²) in [6.07, 6.45) is 7.10. The van der Waals surface area contributed by atoms with E-state index in [1.807, 2.05) is 60.7 Å². The van der Waals surface area contributed by atoms with Crippen molar-refractivity contribution in [3.63, 3.8) is 0 Å². The smallest absolute Gasteiger partial charge is 0.0974 e. The van der Waals surface area contributed by atoms with Gasteiger partial charge in [-0.25, -0.2) is 0 Å². The number of hydrogen-bond acceptors (Lipinski definition) is 1. The number of rotatable bonds is 4. The maximum absolute atomic E-state index is 10.0.